The maximum atomic E-state index is 10.8. The first-order chi connectivity index (χ1) is 5.16. The third-order valence-corrected chi connectivity index (χ3v) is 1.04. The van der Waals surface area contributed by atoms with E-state index in [1.807, 2.05) is 13.8 Å². The zero-order valence-corrected chi connectivity index (χ0v) is 7.05. The third kappa shape index (κ3) is 7.12. The highest BCUT2D eigenvalue weighted by molar-refractivity contribution is 5.73. The van der Waals surface area contributed by atoms with Crippen molar-refractivity contribution in [1.82, 2.24) is 10.6 Å². The van der Waals surface area contributed by atoms with Crippen LogP contribution in [0.4, 0.5) is 4.79 Å². The second-order valence-corrected chi connectivity index (χ2v) is 2.63. The average Bonchev–Trinajstić information content (AvgIpc) is 1.86. The Kier molecular flexibility index (Phi) is 5.56. The fraction of sp³-hybridized carbons (Fsp3) is 0.857. The van der Waals surface area contributed by atoms with Gasteiger partial charge in [0, 0.05) is 19.2 Å². The monoisotopic (exact) mass is 160 g/mol. The van der Waals surface area contributed by atoms with E-state index >= 15 is 0 Å². The Labute approximate surface area is 67.0 Å². The molecule has 66 valence electrons. The number of carbonyl (C=O) groups is 1. The first-order valence-corrected chi connectivity index (χ1v) is 3.82. The first-order valence-electron chi connectivity index (χ1n) is 3.82. The molecule has 0 saturated heterocycles. The lowest BCUT2D eigenvalue weighted by atomic mass is 10.4. The second kappa shape index (κ2) is 5.97. The van der Waals surface area contributed by atoms with Gasteiger partial charge in [-0.15, -0.1) is 0 Å². The molecule has 0 atom stereocenters. The molecule has 4 heteroatoms. The summed E-state index contributed by atoms with van der Waals surface area (Å²) in [7, 11) is 0. The standard InChI is InChI=1S/C7H16N2O2/c1-6(2)9-7(11)8-4-3-5-10/h6,10H,3-5H2,1-2H3,(H2,8,9,11). The number of hydrogen-bond donors (Lipinski definition) is 3. The van der Waals surface area contributed by atoms with E-state index in [1.165, 1.54) is 0 Å². The Hall–Kier alpha value is -0.770. The summed E-state index contributed by atoms with van der Waals surface area (Å²) in [6.07, 6.45) is 0.603. The van der Waals surface area contributed by atoms with Gasteiger partial charge in [0.25, 0.3) is 0 Å². The van der Waals surface area contributed by atoms with Gasteiger partial charge in [-0.3, -0.25) is 0 Å². The molecule has 0 unspecified atom stereocenters. The Morgan fingerprint density at radius 2 is 2.18 bits per heavy atom. The van der Waals surface area contributed by atoms with Crippen LogP contribution in [0, 0.1) is 0 Å². The third-order valence-electron chi connectivity index (χ3n) is 1.04. The van der Waals surface area contributed by atoms with Crippen LogP contribution in [0.15, 0.2) is 0 Å². The molecule has 4 nitrogen and oxygen atoms in total. The van der Waals surface area contributed by atoms with E-state index in [9.17, 15) is 4.79 Å². The predicted molar refractivity (Wildman–Crippen MR) is 43.4 cm³/mol. The zero-order chi connectivity index (χ0) is 8.69. The summed E-state index contributed by atoms with van der Waals surface area (Å²) >= 11 is 0. The van der Waals surface area contributed by atoms with Gasteiger partial charge in [-0.2, -0.15) is 0 Å². The number of aliphatic hydroxyl groups is 1. The van der Waals surface area contributed by atoms with Crippen molar-refractivity contribution in [1.29, 1.82) is 0 Å². The zero-order valence-electron chi connectivity index (χ0n) is 7.05. The van der Waals surface area contributed by atoms with Crippen molar-refractivity contribution in [3.8, 4) is 0 Å². The van der Waals surface area contributed by atoms with E-state index in [-0.39, 0.29) is 18.7 Å². The van der Waals surface area contributed by atoms with Gasteiger partial charge in [-0.05, 0) is 20.3 Å². The van der Waals surface area contributed by atoms with Crippen molar-refractivity contribution in [2.45, 2.75) is 26.3 Å². The van der Waals surface area contributed by atoms with Crippen molar-refractivity contribution in [3.05, 3.63) is 0 Å². The molecule has 0 spiro atoms. The van der Waals surface area contributed by atoms with Crippen LogP contribution in [-0.4, -0.2) is 30.3 Å². The summed E-state index contributed by atoms with van der Waals surface area (Å²) in [4.78, 5) is 10.8. The molecule has 0 heterocycles. The van der Waals surface area contributed by atoms with Crippen molar-refractivity contribution < 1.29 is 9.90 Å². The summed E-state index contributed by atoms with van der Waals surface area (Å²) in [5.41, 5.74) is 0. The maximum Gasteiger partial charge on any atom is 0.314 e. The van der Waals surface area contributed by atoms with E-state index in [2.05, 4.69) is 10.6 Å². The van der Waals surface area contributed by atoms with Crippen LogP contribution in [0.2, 0.25) is 0 Å². The molecule has 3 N–H and O–H groups in total. The van der Waals surface area contributed by atoms with Crippen molar-refractivity contribution in [3.63, 3.8) is 0 Å². The summed E-state index contributed by atoms with van der Waals surface area (Å²) in [5.74, 6) is 0. The van der Waals surface area contributed by atoms with Crippen LogP contribution in [0.3, 0.4) is 0 Å². The summed E-state index contributed by atoms with van der Waals surface area (Å²) in [6, 6.07) is -0.0161. The SMILES string of the molecule is CC(C)NC(=O)NCCCO. The molecule has 0 aromatic rings. The van der Waals surface area contributed by atoms with Gasteiger partial charge in [0.2, 0.25) is 0 Å². The van der Waals surface area contributed by atoms with Crippen LogP contribution in [0.25, 0.3) is 0 Å². The lowest BCUT2D eigenvalue weighted by Crippen LogP contribution is -2.39. The molecule has 0 fully saturated rings. The van der Waals surface area contributed by atoms with Gasteiger partial charge in [-0.1, -0.05) is 0 Å². The van der Waals surface area contributed by atoms with Crippen LogP contribution in [-0.2, 0) is 0 Å². The molecule has 0 radical (unpaired) electrons. The molecule has 0 aliphatic carbocycles. The summed E-state index contributed by atoms with van der Waals surface area (Å²) < 4.78 is 0. The summed E-state index contributed by atoms with van der Waals surface area (Å²) in [5, 5.41) is 13.7. The molecule has 11 heavy (non-hydrogen) atoms. The normalized spacial score (nSPS) is 9.82. The van der Waals surface area contributed by atoms with Crippen LogP contribution in [0.5, 0.6) is 0 Å². The van der Waals surface area contributed by atoms with E-state index in [4.69, 9.17) is 5.11 Å². The predicted octanol–water partition coefficient (Wildman–Crippen LogP) is 0.0764. The van der Waals surface area contributed by atoms with Crippen molar-refractivity contribution in [2.24, 2.45) is 0 Å². The van der Waals surface area contributed by atoms with Crippen LogP contribution in [0.1, 0.15) is 20.3 Å². The van der Waals surface area contributed by atoms with E-state index < -0.39 is 0 Å². The number of nitrogens with one attached hydrogen (secondary N) is 2. The maximum absolute atomic E-state index is 10.8. The number of rotatable bonds is 4. The Bertz CT molecular complexity index is 115. The minimum atomic E-state index is -0.173. The van der Waals surface area contributed by atoms with Crippen LogP contribution < -0.4 is 10.6 Å². The highest BCUT2D eigenvalue weighted by Crippen LogP contribution is 1.77. The largest absolute Gasteiger partial charge is 0.396 e. The molecule has 0 aliphatic heterocycles. The Morgan fingerprint density at radius 1 is 1.55 bits per heavy atom. The molecular formula is C7H16N2O2. The van der Waals surface area contributed by atoms with Crippen molar-refractivity contribution >= 4 is 6.03 Å². The fourth-order valence-electron chi connectivity index (χ4n) is 0.594. The highest BCUT2D eigenvalue weighted by Gasteiger charge is 1.99. The number of amides is 2. The quantitative estimate of drug-likeness (QED) is 0.510. The topological polar surface area (TPSA) is 61.4 Å². The number of carbonyl (C=O) groups excluding carboxylic acids is 1. The molecule has 0 bridgehead atoms. The van der Waals surface area contributed by atoms with Gasteiger partial charge in [0.15, 0.2) is 0 Å². The molecular weight excluding hydrogens is 144 g/mol. The molecule has 0 aromatic carbocycles. The molecule has 2 amide bonds. The van der Waals surface area contributed by atoms with E-state index in [1.54, 1.807) is 0 Å². The van der Waals surface area contributed by atoms with Gasteiger partial charge >= 0.3 is 6.03 Å². The number of aliphatic hydroxyl groups excluding tert-OH is 1. The van der Waals surface area contributed by atoms with E-state index in [0.29, 0.717) is 13.0 Å². The van der Waals surface area contributed by atoms with Crippen molar-refractivity contribution in [2.75, 3.05) is 13.2 Å². The smallest absolute Gasteiger partial charge is 0.314 e. The van der Waals surface area contributed by atoms with Gasteiger partial charge in [-0.25, -0.2) is 4.79 Å². The minimum absolute atomic E-state index is 0.113. The van der Waals surface area contributed by atoms with Crippen LogP contribution >= 0.6 is 0 Å². The number of hydrogen-bond acceptors (Lipinski definition) is 2. The Morgan fingerprint density at radius 3 is 2.64 bits per heavy atom. The lowest BCUT2D eigenvalue weighted by molar-refractivity contribution is 0.236. The highest BCUT2D eigenvalue weighted by atomic mass is 16.3. The molecule has 0 rings (SSSR count). The second-order valence-electron chi connectivity index (χ2n) is 2.63. The van der Waals surface area contributed by atoms with E-state index in [0.717, 1.165) is 0 Å². The molecule has 0 aromatic heterocycles. The first kappa shape index (κ1) is 10.2. The summed E-state index contributed by atoms with van der Waals surface area (Å²) in [6.45, 7) is 4.42. The fourth-order valence-corrected chi connectivity index (χ4v) is 0.594. The van der Waals surface area contributed by atoms with Gasteiger partial charge in [0.05, 0.1) is 0 Å². The lowest BCUT2D eigenvalue weighted by Gasteiger charge is -2.08. The van der Waals surface area contributed by atoms with Gasteiger partial charge < -0.3 is 15.7 Å². The average molecular weight is 160 g/mol. The molecule has 0 saturated carbocycles. The van der Waals surface area contributed by atoms with Gasteiger partial charge in [0.1, 0.15) is 0 Å². The molecule has 0 aliphatic rings. The Balaban J connectivity index is 3.23. The number of urea groups is 1. The minimum Gasteiger partial charge on any atom is -0.396 e.